The quantitative estimate of drug-likeness (QED) is 0.798. The summed E-state index contributed by atoms with van der Waals surface area (Å²) in [6.07, 6.45) is 3.40. The van der Waals surface area contributed by atoms with Gasteiger partial charge in [-0.2, -0.15) is 0 Å². The number of halogens is 1. The highest BCUT2D eigenvalue weighted by Crippen LogP contribution is 2.25. The minimum absolute atomic E-state index is 0.0319. The van der Waals surface area contributed by atoms with Crippen LogP contribution in [0.1, 0.15) is 36.0 Å². The van der Waals surface area contributed by atoms with E-state index in [2.05, 4.69) is 21.2 Å². The van der Waals surface area contributed by atoms with Crippen LogP contribution < -0.4 is 5.32 Å². The summed E-state index contributed by atoms with van der Waals surface area (Å²) >= 11 is 3.23. The van der Waals surface area contributed by atoms with Crippen molar-refractivity contribution in [1.29, 1.82) is 0 Å². The first-order valence-electron chi connectivity index (χ1n) is 6.51. The fraction of sp³-hybridized carbons (Fsp3) is 0.500. The van der Waals surface area contributed by atoms with Crippen molar-refractivity contribution in [1.82, 2.24) is 5.32 Å². The number of amides is 1. The van der Waals surface area contributed by atoms with Crippen molar-refractivity contribution in [2.24, 2.45) is 5.92 Å². The van der Waals surface area contributed by atoms with E-state index in [-0.39, 0.29) is 23.3 Å². The van der Waals surface area contributed by atoms with E-state index in [1.807, 2.05) is 0 Å². The number of benzene rings is 1. The van der Waals surface area contributed by atoms with Gasteiger partial charge in [0, 0.05) is 11.0 Å². The predicted octanol–water partition coefficient (Wildman–Crippen LogP) is 2.44. The van der Waals surface area contributed by atoms with E-state index < -0.39 is 0 Å². The zero-order valence-corrected chi connectivity index (χ0v) is 12.2. The number of carbonyl (C=O) groups excluding carboxylic acids is 1. The highest BCUT2D eigenvalue weighted by atomic mass is 79.9. The first kappa shape index (κ1) is 14.3. The molecule has 4 nitrogen and oxygen atoms in total. The maximum Gasteiger partial charge on any atom is 0.255 e. The number of nitrogens with one attached hydrogen (secondary N) is 1. The molecule has 1 amide bonds. The van der Waals surface area contributed by atoms with Crippen LogP contribution in [0.15, 0.2) is 22.7 Å². The molecule has 0 heterocycles. The second kappa shape index (κ2) is 6.39. The number of rotatable bonds is 3. The summed E-state index contributed by atoms with van der Waals surface area (Å²) < 4.78 is 0.733. The average Bonchev–Trinajstić information content (AvgIpc) is 2.36. The lowest BCUT2D eigenvalue weighted by Gasteiger charge is -2.25. The van der Waals surface area contributed by atoms with Crippen molar-refractivity contribution < 1.29 is 15.0 Å². The van der Waals surface area contributed by atoms with Gasteiger partial charge in [-0.1, -0.05) is 22.4 Å². The minimum atomic E-state index is -0.273. The van der Waals surface area contributed by atoms with Crippen molar-refractivity contribution in [2.45, 2.75) is 31.8 Å². The first-order valence-corrected chi connectivity index (χ1v) is 7.30. The fourth-order valence-electron chi connectivity index (χ4n) is 2.48. The van der Waals surface area contributed by atoms with Crippen LogP contribution in [0.5, 0.6) is 5.75 Å². The Hall–Kier alpha value is -1.07. The van der Waals surface area contributed by atoms with Gasteiger partial charge in [-0.3, -0.25) is 4.79 Å². The van der Waals surface area contributed by atoms with Crippen molar-refractivity contribution in [3.63, 3.8) is 0 Å². The molecule has 1 aliphatic carbocycles. The third-order valence-electron chi connectivity index (χ3n) is 3.51. The largest absolute Gasteiger partial charge is 0.507 e. The maximum absolute atomic E-state index is 12.0. The molecule has 0 saturated heterocycles. The molecule has 3 N–H and O–H groups in total. The van der Waals surface area contributed by atoms with Gasteiger partial charge in [0.2, 0.25) is 0 Å². The van der Waals surface area contributed by atoms with Crippen molar-refractivity contribution in [2.75, 3.05) is 6.54 Å². The molecule has 1 saturated carbocycles. The second-order valence-electron chi connectivity index (χ2n) is 5.06. The molecule has 0 radical (unpaired) electrons. The van der Waals surface area contributed by atoms with Gasteiger partial charge in [0.05, 0.1) is 11.7 Å². The second-order valence-corrected chi connectivity index (χ2v) is 5.97. The van der Waals surface area contributed by atoms with Crippen LogP contribution in [0.3, 0.4) is 0 Å². The summed E-state index contributed by atoms with van der Waals surface area (Å²) in [4.78, 5) is 12.0. The molecule has 2 unspecified atom stereocenters. The Bertz CT molecular complexity index is 464. The standard InChI is InChI=1S/C14H18BrNO3/c15-10-4-5-12(13(18)7-10)14(19)16-8-9-2-1-3-11(17)6-9/h4-5,7,9,11,17-18H,1-3,6,8H2,(H,16,19). The molecule has 0 spiro atoms. The van der Waals surface area contributed by atoms with Crippen molar-refractivity contribution in [3.8, 4) is 5.75 Å². The summed E-state index contributed by atoms with van der Waals surface area (Å²) in [6, 6.07) is 4.81. The van der Waals surface area contributed by atoms with E-state index >= 15 is 0 Å². The third-order valence-corrected chi connectivity index (χ3v) is 4.00. The predicted molar refractivity (Wildman–Crippen MR) is 76.1 cm³/mol. The molecule has 1 aliphatic rings. The number of aliphatic hydroxyl groups is 1. The van der Waals surface area contributed by atoms with Gasteiger partial charge in [-0.05, 0) is 43.4 Å². The van der Waals surface area contributed by atoms with E-state index in [9.17, 15) is 15.0 Å². The molecule has 1 fully saturated rings. The summed E-state index contributed by atoms with van der Waals surface area (Å²) in [5.41, 5.74) is 0.277. The Kier molecular flexibility index (Phi) is 4.82. The van der Waals surface area contributed by atoms with Crippen LogP contribution in [0.4, 0.5) is 0 Å². The summed E-state index contributed by atoms with van der Waals surface area (Å²) in [6.45, 7) is 0.547. The Labute approximate surface area is 121 Å². The first-order chi connectivity index (χ1) is 9.06. The van der Waals surface area contributed by atoms with Crippen LogP contribution in [0.2, 0.25) is 0 Å². The van der Waals surface area contributed by atoms with Crippen LogP contribution >= 0.6 is 15.9 Å². The summed E-state index contributed by atoms with van der Waals surface area (Å²) in [7, 11) is 0. The highest BCUT2D eigenvalue weighted by molar-refractivity contribution is 9.10. The molecule has 1 aromatic carbocycles. The van der Waals surface area contributed by atoms with Crippen LogP contribution in [0, 0.1) is 5.92 Å². The lowest BCUT2D eigenvalue weighted by molar-refractivity contribution is 0.0872. The van der Waals surface area contributed by atoms with E-state index in [0.29, 0.717) is 12.5 Å². The van der Waals surface area contributed by atoms with E-state index in [0.717, 1.165) is 30.2 Å². The molecule has 19 heavy (non-hydrogen) atoms. The number of carbonyl (C=O) groups is 1. The van der Waals surface area contributed by atoms with E-state index in [4.69, 9.17) is 0 Å². The molecule has 5 heteroatoms. The number of aliphatic hydroxyl groups excluding tert-OH is 1. The molecular formula is C14H18BrNO3. The molecular weight excluding hydrogens is 310 g/mol. The topological polar surface area (TPSA) is 69.6 Å². The van der Waals surface area contributed by atoms with Gasteiger partial charge in [0.1, 0.15) is 5.75 Å². The molecule has 0 bridgehead atoms. The van der Waals surface area contributed by atoms with Gasteiger partial charge in [0.25, 0.3) is 5.91 Å². The van der Waals surface area contributed by atoms with E-state index in [1.54, 1.807) is 12.1 Å². The van der Waals surface area contributed by atoms with Gasteiger partial charge >= 0.3 is 0 Å². The Morgan fingerprint density at radius 3 is 2.89 bits per heavy atom. The molecule has 0 aliphatic heterocycles. The minimum Gasteiger partial charge on any atom is -0.507 e. The van der Waals surface area contributed by atoms with E-state index in [1.165, 1.54) is 6.07 Å². The normalized spacial score (nSPS) is 23.1. The Morgan fingerprint density at radius 1 is 1.42 bits per heavy atom. The molecule has 2 atom stereocenters. The number of phenols is 1. The third kappa shape index (κ3) is 3.94. The van der Waals surface area contributed by atoms with Crippen LogP contribution in [-0.2, 0) is 0 Å². The Balaban J connectivity index is 1.90. The van der Waals surface area contributed by atoms with Gasteiger partial charge in [-0.25, -0.2) is 0 Å². The maximum atomic E-state index is 12.0. The van der Waals surface area contributed by atoms with Gasteiger partial charge in [0.15, 0.2) is 0 Å². The smallest absolute Gasteiger partial charge is 0.255 e. The molecule has 0 aromatic heterocycles. The van der Waals surface area contributed by atoms with Crippen LogP contribution in [0.25, 0.3) is 0 Å². The van der Waals surface area contributed by atoms with Gasteiger partial charge < -0.3 is 15.5 Å². The fourth-order valence-corrected chi connectivity index (χ4v) is 2.83. The summed E-state index contributed by atoms with van der Waals surface area (Å²) in [5.74, 6) is 0.0194. The van der Waals surface area contributed by atoms with Crippen LogP contribution in [-0.4, -0.2) is 28.8 Å². The monoisotopic (exact) mass is 327 g/mol. The summed E-state index contributed by atoms with van der Waals surface area (Å²) in [5, 5.41) is 22.1. The number of aromatic hydroxyl groups is 1. The molecule has 2 rings (SSSR count). The molecule has 104 valence electrons. The van der Waals surface area contributed by atoms with Crippen molar-refractivity contribution in [3.05, 3.63) is 28.2 Å². The zero-order valence-electron chi connectivity index (χ0n) is 10.6. The number of hydrogen-bond donors (Lipinski definition) is 3. The highest BCUT2D eigenvalue weighted by Gasteiger charge is 2.21. The Morgan fingerprint density at radius 2 is 2.21 bits per heavy atom. The average molecular weight is 328 g/mol. The number of phenolic OH excluding ortho intramolecular Hbond substituents is 1. The number of hydrogen-bond acceptors (Lipinski definition) is 3. The lowest BCUT2D eigenvalue weighted by Crippen LogP contribution is -2.33. The SMILES string of the molecule is O=C(NCC1CCCC(O)C1)c1ccc(Br)cc1O. The van der Waals surface area contributed by atoms with Gasteiger partial charge in [-0.15, -0.1) is 0 Å². The zero-order chi connectivity index (χ0) is 13.8. The van der Waals surface area contributed by atoms with Crippen molar-refractivity contribution >= 4 is 21.8 Å². The lowest BCUT2D eigenvalue weighted by atomic mass is 9.87. The molecule has 1 aromatic rings.